The zero-order valence-corrected chi connectivity index (χ0v) is 21.8. The fourth-order valence-corrected chi connectivity index (χ4v) is 3.13. The number of aliphatic carboxylic acids is 3. The van der Waals surface area contributed by atoms with E-state index in [-0.39, 0.29) is 12.8 Å². The van der Waals surface area contributed by atoms with E-state index in [4.69, 9.17) is 21.7 Å². The number of carboxylic acid groups (broad SMARTS) is 3. The maximum Gasteiger partial charge on any atom is 0.326 e. The van der Waals surface area contributed by atoms with Crippen molar-refractivity contribution < 1.29 is 53.7 Å². The second kappa shape index (κ2) is 19.7. The Morgan fingerprint density at radius 3 is 1.60 bits per heavy atom. The van der Waals surface area contributed by atoms with Crippen molar-refractivity contribution in [2.75, 3.05) is 26.2 Å². The van der Waals surface area contributed by atoms with Crippen molar-refractivity contribution in [3.05, 3.63) is 0 Å². The Labute approximate surface area is 229 Å². The third-order valence-electron chi connectivity index (χ3n) is 5.21. The standard InChI is InChI=1S/C22H37N7O11/c23-8-2-1-3-14(22(39)40)28-17(32)11-25-16(31)10-26-20(37)12(4-6-18(33)34)29-21(38)13(5-7-19(35)36)27-15(30)9-24/h12-14H,1-11,23-24H2,(H,25,31)(H,26,37)(H,27,30)(H,28,32)(H,29,38)(H,33,34)(H,35,36)(H,39,40)/t12-,13-,14-/m0/s1. The Morgan fingerprint density at radius 1 is 0.575 bits per heavy atom. The number of carbonyl (C=O) groups is 8. The number of amides is 5. The number of rotatable bonds is 21. The summed E-state index contributed by atoms with van der Waals surface area (Å²) < 4.78 is 0. The molecule has 0 heterocycles. The molecule has 0 aliphatic rings. The van der Waals surface area contributed by atoms with Crippen LogP contribution in [0.4, 0.5) is 0 Å². The zero-order chi connectivity index (χ0) is 30.7. The molecular formula is C22H37N7O11. The van der Waals surface area contributed by atoms with Gasteiger partial charge in [-0.05, 0) is 38.6 Å². The second-order valence-corrected chi connectivity index (χ2v) is 8.49. The number of hydrogen-bond acceptors (Lipinski definition) is 10. The molecule has 0 rings (SSSR count). The van der Waals surface area contributed by atoms with E-state index in [2.05, 4.69) is 26.6 Å². The van der Waals surface area contributed by atoms with Crippen LogP contribution in [-0.4, -0.2) is 107 Å². The van der Waals surface area contributed by atoms with Crippen molar-refractivity contribution in [1.29, 1.82) is 0 Å². The summed E-state index contributed by atoms with van der Waals surface area (Å²) in [7, 11) is 0. The minimum Gasteiger partial charge on any atom is -0.481 e. The van der Waals surface area contributed by atoms with Gasteiger partial charge in [-0.1, -0.05) is 0 Å². The summed E-state index contributed by atoms with van der Waals surface area (Å²) in [5.74, 6) is -8.18. The highest BCUT2D eigenvalue weighted by Gasteiger charge is 2.28. The molecule has 0 aromatic heterocycles. The molecule has 3 atom stereocenters. The van der Waals surface area contributed by atoms with Crippen LogP contribution in [0.5, 0.6) is 0 Å². The number of carboxylic acids is 3. The Hall–Kier alpha value is -4.32. The third kappa shape index (κ3) is 16.5. The predicted molar refractivity (Wildman–Crippen MR) is 135 cm³/mol. The number of unbranched alkanes of at least 4 members (excludes halogenated alkanes) is 1. The highest BCUT2D eigenvalue weighted by atomic mass is 16.4. The van der Waals surface area contributed by atoms with Gasteiger partial charge in [-0.3, -0.25) is 33.6 Å². The summed E-state index contributed by atoms with van der Waals surface area (Å²) in [6.45, 7) is -1.42. The van der Waals surface area contributed by atoms with E-state index in [0.29, 0.717) is 19.4 Å². The monoisotopic (exact) mass is 575 g/mol. The smallest absolute Gasteiger partial charge is 0.326 e. The first kappa shape index (κ1) is 35.7. The first-order chi connectivity index (χ1) is 18.8. The molecule has 12 N–H and O–H groups in total. The van der Waals surface area contributed by atoms with E-state index in [1.54, 1.807) is 0 Å². The molecule has 226 valence electrons. The van der Waals surface area contributed by atoms with Gasteiger partial charge in [0.2, 0.25) is 29.5 Å². The number of carbonyl (C=O) groups excluding carboxylic acids is 5. The lowest BCUT2D eigenvalue weighted by molar-refractivity contribution is -0.142. The van der Waals surface area contributed by atoms with E-state index in [1.807, 2.05) is 0 Å². The molecule has 18 heteroatoms. The summed E-state index contributed by atoms with van der Waals surface area (Å²) in [6, 6.07) is -4.05. The van der Waals surface area contributed by atoms with E-state index in [1.165, 1.54) is 0 Å². The molecule has 18 nitrogen and oxygen atoms in total. The molecule has 5 amide bonds. The van der Waals surface area contributed by atoms with E-state index in [0.717, 1.165) is 0 Å². The lowest BCUT2D eigenvalue weighted by Crippen LogP contribution is -2.55. The Balaban J connectivity index is 5.05. The summed E-state index contributed by atoms with van der Waals surface area (Å²) in [4.78, 5) is 94.0. The minimum atomic E-state index is -1.48. The largest absolute Gasteiger partial charge is 0.481 e. The lowest BCUT2D eigenvalue weighted by Gasteiger charge is -2.22. The van der Waals surface area contributed by atoms with Crippen LogP contribution in [0.2, 0.25) is 0 Å². The topological polar surface area (TPSA) is 309 Å². The fraction of sp³-hybridized carbons (Fsp3) is 0.636. The van der Waals surface area contributed by atoms with Crippen LogP contribution in [0.1, 0.15) is 44.9 Å². The summed E-state index contributed by atoms with van der Waals surface area (Å²) in [5, 5.41) is 38.0. The van der Waals surface area contributed by atoms with Crippen molar-refractivity contribution in [3.63, 3.8) is 0 Å². The van der Waals surface area contributed by atoms with Gasteiger partial charge in [0, 0.05) is 12.8 Å². The average Bonchev–Trinajstić information content (AvgIpc) is 2.89. The molecule has 0 saturated heterocycles. The Bertz CT molecular complexity index is 929. The van der Waals surface area contributed by atoms with Crippen LogP contribution in [0.25, 0.3) is 0 Å². The van der Waals surface area contributed by atoms with Gasteiger partial charge in [0.25, 0.3) is 0 Å². The minimum absolute atomic E-state index is 0.138. The number of hydrogen-bond donors (Lipinski definition) is 10. The SMILES string of the molecule is NCCCC[C@H](NC(=O)CNC(=O)CNC(=O)[C@H](CCC(=O)O)NC(=O)[C@H](CCC(=O)O)NC(=O)CN)C(=O)O. The van der Waals surface area contributed by atoms with Gasteiger partial charge >= 0.3 is 17.9 Å². The van der Waals surface area contributed by atoms with E-state index in [9.17, 15) is 43.5 Å². The third-order valence-corrected chi connectivity index (χ3v) is 5.21. The van der Waals surface area contributed by atoms with Gasteiger partial charge in [0.05, 0.1) is 19.6 Å². The molecule has 0 spiro atoms. The summed E-state index contributed by atoms with van der Waals surface area (Å²) in [6.07, 6.45) is -0.659. The van der Waals surface area contributed by atoms with Crippen LogP contribution in [0.3, 0.4) is 0 Å². The fourth-order valence-electron chi connectivity index (χ4n) is 3.13. The molecule has 0 aromatic carbocycles. The van der Waals surface area contributed by atoms with E-state index < -0.39 is 104 Å². The van der Waals surface area contributed by atoms with Crippen molar-refractivity contribution in [2.45, 2.75) is 63.1 Å². The maximum atomic E-state index is 12.6. The van der Waals surface area contributed by atoms with Gasteiger partial charge in [0.1, 0.15) is 18.1 Å². The number of nitrogens with two attached hydrogens (primary N) is 2. The molecule has 0 aromatic rings. The summed E-state index contributed by atoms with van der Waals surface area (Å²) in [5.41, 5.74) is 10.6. The quantitative estimate of drug-likeness (QED) is 0.0578. The molecule has 0 radical (unpaired) electrons. The molecule has 0 aliphatic carbocycles. The van der Waals surface area contributed by atoms with Crippen molar-refractivity contribution in [3.8, 4) is 0 Å². The molecule has 0 unspecified atom stereocenters. The van der Waals surface area contributed by atoms with Gasteiger partial charge in [-0.2, -0.15) is 0 Å². The molecule has 0 fully saturated rings. The summed E-state index contributed by atoms with van der Waals surface area (Å²) >= 11 is 0. The zero-order valence-electron chi connectivity index (χ0n) is 21.8. The van der Waals surface area contributed by atoms with E-state index >= 15 is 0 Å². The normalized spacial score (nSPS) is 12.7. The predicted octanol–water partition coefficient (Wildman–Crippen LogP) is -4.42. The molecule has 40 heavy (non-hydrogen) atoms. The molecule has 0 saturated carbocycles. The van der Waals surface area contributed by atoms with Crippen LogP contribution in [0.15, 0.2) is 0 Å². The first-order valence-electron chi connectivity index (χ1n) is 12.3. The van der Waals surface area contributed by atoms with Crippen LogP contribution < -0.4 is 38.1 Å². The second-order valence-electron chi connectivity index (χ2n) is 8.49. The van der Waals surface area contributed by atoms with Crippen LogP contribution >= 0.6 is 0 Å². The highest BCUT2D eigenvalue weighted by Crippen LogP contribution is 2.04. The van der Waals surface area contributed by atoms with Crippen LogP contribution in [-0.2, 0) is 38.4 Å². The molecule has 0 aliphatic heterocycles. The van der Waals surface area contributed by atoms with Gasteiger partial charge in [-0.25, -0.2) is 4.79 Å². The van der Waals surface area contributed by atoms with Crippen LogP contribution in [0, 0.1) is 0 Å². The Kier molecular flexibility index (Phi) is 17.6. The van der Waals surface area contributed by atoms with Gasteiger partial charge < -0.3 is 53.4 Å². The Morgan fingerprint density at radius 2 is 1.10 bits per heavy atom. The number of nitrogens with one attached hydrogen (secondary N) is 5. The first-order valence-corrected chi connectivity index (χ1v) is 12.3. The molecular weight excluding hydrogens is 538 g/mol. The maximum absolute atomic E-state index is 12.6. The molecule has 0 bridgehead atoms. The van der Waals surface area contributed by atoms with Crippen molar-refractivity contribution in [2.24, 2.45) is 11.5 Å². The van der Waals surface area contributed by atoms with Gasteiger partial charge in [-0.15, -0.1) is 0 Å². The lowest BCUT2D eigenvalue weighted by atomic mass is 10.1. The highest BCUT2D eigenvalue weighted by molar-refractivity contribution is 5.94. The van der Waals surface area contributed by atoms with Crippen molar-refractivity contribution in [1.82, 2.24) is 26.6 Å². The van der Waals surface area contributed by atoms with Crippen molar-refractivity contribution >= 4 is 47.4 Å². The van der Waals surface area contributed by atoms with Gasteiger partial charge in [0.15, 0.2) is 0 Å². The average molecular weight is 576 g/mol.